The fraction of sp³-hybridized carbons (Fsp3) is 0.0714. The number of hydrogen-bond donors (Lipinski definition) is 1. The van der Waals surface area contributed by atoms with Crippen molar-refractivity contribution in [1.29, 1.82) is 0 Å². The maximum absolute atomic E-state index is 12.8. The average Bonchev–Trinajstić information content (AvgIpc) is 2.89. The molecule has 0 spiro atoms. The van der Waals surface area contributed by atoms with Gasteiger partial charge in [-0.15, -0.1) is 5.10 Å². The molecule has 1 aromatic carbocycles. The van der Waals surface area contributed by atoms with E-state index in [0.717, 1.165) is 0 Å². The highest BCUT2D eigenvalue weighted by Gasteiger charge is 2.13. The minimum Gasteiger partial charge on any atom is -0.486 e. The lowest BCUT2D eigenvalue weighted by molar-refractivity contribution is 0.0698. The molecule has 0 saturated heterocycles. The molecule has 0 fully saturated rings. The average molecular weight is 287 g/mol. The second-order valence-corrected chi connectivity index (χ2v) is 4.27. The van der Waals surface area contributed by atoms with E-state index in [1.807, 2.05) is 0 Å². The normalized spacial score (nSPS) is 10.7. The van der Waals surface area contributed by atoms with E-state index in [9.17, 15) is 9.18 Å². The number of pyridine rings is 1. The van der Waals surface area contributed by atoms with Crippen molar-refractivity contribution in [2.24, 2.45) is 0 Å². The molecule has 1 N–H and O–H groups in total. The zero-order valence-corrected chi connectivity index (χ0v) is 10.7. The maximum atomic E-state index is 12.8. The van der Waals surface area contributed by atoms with Gasteiger partial charge in [0.15, 0.2) is 11.5 Å². The van der Waals surface area contributed by atoms with Crippen molar-refractivity contribution in [1.82, 2.24) is 14.6 Å². The van der Waals surface area contributed by atoms with Crippen molar-refractivity contribution in [2.75, 3.05) is 0 Å². The molecule has 6 nitrogen and oxygen atoms in total. The molecule has 106 valence electrons. The number of ether oxygens (including phenoxy) is 1. The van der Waals surface area contributed by atoms with E-state index in [4.69, 9.17) is 9.84 Å². The third-order valence-electron chi connectivity index (χ3n) is 2.82. The monoisotopic (exact) mass is 287 g/mol. The summed E-state index contributed by atoms with van der Waals surface area (Å²) in [5.74, 6) is -0.597. The van der Waals surface area contributed by atoms with Gasteiger partial charge in [-0.05, 0) is 36.4 Å². The summed E-state index contributed by atoms with van der Waals surface area (Å²) >= 11 is 0. The van der Waals surface area contributed by atoms with E-state index in [0.29, 0.717) is 11.6 Å². The second-order valence-electron chi connectivity index (χ2n) is 4.27. The Kier molecular flexibility index (Phi) is 3.23. The molecule has 0 aliphatic carbocycles. The summed E-state index contributed by atoms with van der Waals surface area (Å²) in [5.41, 5.74) is 0.320. The van der Waals surface area contributed by atoms with Crippen LogP contribution in [0.15, 0.2) is 42.6 Å². The number of rotatable bonds is 4. The second kappa shape index (κ2) is 5.20. The first-order chi connectivity index (χ1) is 10.1. The Hall–Kier alpha value is -2.96. The molecule has 2 aromatic heterocycles. The minimum absolute atomic E-state index is 0.0619. The molecular formula is C14H10FN3O3. The van der Waals surface area contributed by atoms with Gasteiger partial charge in [-0.1, -0.05) is 0 Å². The van der Waals surface area contributed by atoms with E-state index in [1.54, 1.807) is 12.3 Å². The fourth-order valence-corrected chi connectivity index (χ4v) is 1.86. The Morgan fingerprint density at radius 1 is 1.29 bits per heavy atom. The molecule has 0 atom stereocenters. The molecule has 0 aliphatic rings. The molecule has 0 radical (unpaired) electrons. The lowest BCUT2D eigenvalue weighted by atomic mass is 10.3. The number of halogens is 1. The van der Waals surface area contributed by atoms with E-state index in [2.05, 4.69) is 10.1 Å². The van der Waals surface area contributed by atoms with Gasteiger partial charge in [0.05, 0.1) is 0 Å². The molecule has 7 heteroatoms. The summed E-state index contributed by atoms with van der Waals surface area (Å²) in [7, 11) is 0. The summed E-state index contributed by atoms with van der Waals surface area (Å²) in [6.45, 7) is 0.0619. The molecular weight excluding hydrogens is 277 g/mol. The van der Waals surface area contributed by atoms with E-state index >= 15 is 0 Å². The van der Waals surface area contributed by atoms with Crippen molar-refractivity contribution >= 4 is 11.6 Å². The minimum atomic E-state index is -1.07. The van der Waals surface area contributed by atoms with E-state index in [-0.39, 0.29) is 23.6 Å². The molecule has 0 aliphatic heterocycles. The highest BCUT2D eigenvalue weighted by molar-refractivity contribution is 5.94. The molecule has 0 amide bonds. The number of hydrogen-bond acceptors (Lipinski definition) is 4. The fourth-order valence-electron chi connectivity index (χ4n) is 1.86. The molecule has 3 rings (SSSR count). The third kappa shape index (κ3) is 2.66. The Balaban J connectivity index is 1.83. The SMILES string of the molecule is O=C(O)c1cccn2nc(COc3ccc(F)cc3)nc12. The van der Waals surface area contributed by atoms with Gasteiger partial charge in [0.2, 0.25) is 0 Å². The molecule has 0 bridgehead atoms. The first-order valence-electron chi connectivity index (χ1n) is 6.09. The molecule has 0 unspecified atom stereocenters. The van der Waals surface area contributed by atoms with Crippen LogP contribution in [0.2, 0.25) is 0 Å². The van der Waals surface area contributed by atoms with Gasteiger partial charge < -0.3 is 9.84 Å². The highest BCUT2D eigenvalue weighted by Crippen LogP contribution is 2.14. The Morgan fingerprint density at radius 2 is 2.05 bits per heavy atom. The number of nitrogens with zero attached hydrogens (tertiary/aromatic N) is 3. The number of carbonyl (C=O) groups is 1. The molecule has 0 saturated carbocycles. The quantitative estimate of drug-likeness (QED) is 0.795. The highest BCUT2D eigenvalue weighted by atomic mass is 19.1. The third-order valence-corrected chi connectivity index (χ3v) is 2.82. The van der Waals surface area contributed by atoms with Crippen LogP contribution in [0, 0.1) is 5.82 Å². The molecule has 21 heavy (non-hydrogen) atoms. The number of aromatic nitrogens is 3. The largest absolute Gasteiger partial charge is 0.486 e. The van der Waals surface area contributed by atoms with Gasteiger partial charge in [0.1, 0.15) is 23.7 Å². The van der Waals surface area contributed by atoms with Gasteiger partial charge in [-0.25, -0.2) is 18.7 Å². The van der Waals surface area contributed by atoms with Crippen molar-refractivity contribution in [3.63, 3.8) is 0 Å². The summed E-state index contributed by atoms with van der Waals surface area (Å²) in [6, 6.07) is 8.60. The van der Waals surface area contributed by atoms with Gasteiger partial charge in [0, 0.05) is 6.20 Å². The lowest BCUT2D eigenvalue weighted by Crippen LogP contribution is -2.00. The summed E-state index contributed by atoms with van der Waals surface area (Å²) in [5, 5.41) is 13.2. The summed E-state index contributed by atoms with van der Waals surface area (Å²) < 4.78 is 19.6. The van der Waals surface area contributed by atoms with Crippen molar-refractivity contribution in [2.45, 2.75) is 6.61 Å². The van der Waals surface area contributed by atoms with Crippen molar-refractivity contribution in [3.05, 3.63) is 59.8 Å². The zero-order valence-electron chi connectivity index (χ0n) is 10.7. The zero-order chi connectivity index (χ0) is 14.8. The van der Waals surface area contributed by atoms with Crippen LogP contribution >= 0.6 is 0 Å². The van der Waals surface area contributed by atoms with Crippen LogP contribution in [0.4, 0.5) is 4.39 Å². The smallest absolute Gasteiger partial charge is 0.339 e. The van der Waals surface area contributed by atoms with E-state index < -0.39 is 5.97 Å². The van der Waals surface area contributed by atoms with Crippen molar-refractivity contribution < 1.29 is 19.0 Å². The van der Waals surface area contributed by atoms with Crippen LogP contribution < -0.4 is 4.74 Å². The number of fused-ring (bicyclic) bond motifs is 1. The summed E-state index contributed by atoms with van der Waals surface area (Å²) in [6.07, 6.45) is 1.61. The Labute approximate surface area is 118 Å². The number of benzene rings is 1. The van der Waals surface area contributed by atoms with Crippen LogP contribution in [-0.4, -0.2) is 25.7 Å². The van der Waals surface area contributed by atoms with Crippen LogP contribution in [0.3, 0.4) is 0 Å². The first-order valence-corrected chi connectivity index (χ1v) is 6.09. The standard InChI is InChI=1S/C14H10FN3O3/c15-9-3-5-10(6-4-9)21-8-12-16-13-11(14(19)20)2-1-7-18(13)17-12/h1-7H,8H2,(H,19,20). The number of carboxylic acids is 1. The van der Waals surface area contributed by atoms with Crippen molar-refractivity contribution in [3.8, 4) is 5.75 Å². The summed E-state index contributed by atoms with van der Waals surface area (Å²) in [4.78, 5) is 15.2. The first kappa shape index (κ1) is 13.0. The topological polar surface area (TPSA) is 76.7 Å². The maximum Gasteiger partial charge on any atom is 0.339 e. The van der Waals surface area contributed by atoms with Crippen LogP contribution in [-0.2, 0) is 6.61 Å². The lowest BCUT2D eigenvalue weighted by Gasteiger charge is -2.02. The van der Waals surface area contributed by atoms with Crippen LogP contribution in [0.25, 0.3) is 5.65 Å². The Morgan fingerprint density at radius 3 is 2.76 bits per heavy atom. The van der Waals surface area contributed by atoms with E-state index in [1.165, 1.54) is 34.8 Å². The van der Waals surface area contributed by atoms with Gasteiger partial charge in [-0.2, -0.15) is 0 Å². The number of aromatic carboxylic acids is 1. The Bertz CT molecular complexity index is 799. The van der Waals surface area contributed by atoms with Crippen LogP contribution in [0.1, 0.15) is 16.2 Å². The number of carboxylic acid groups (broad SMARTS) is 1. The van der Waals surface area contributed by atoms with Gasteiger partial charge in [0.25, 0.3) is 0 Å². The van der Waals surface area contributed by atoms with Gasteiger partial charge in [-0.3, -0.25) is 0 Å². The molecule has 3 aromatic rings. The predicted octanol–water partition coefficient (Wildman–Crippen LogP) is 2.15. The predicted molar refractivity (Wildman–Crippen MR) is 70.7 cm³/mol. The van der Waals surface area contributed by atoms with Gasteiger partial charge >= 0.3 is 5.97 Å². The van der Waals surface area contributed by atoms with Crippen LogP contribution in [0.5, 0.6) is 5.75 Å². The molecule has 2 heterocycles.